The molecule has 0 aliphatic rings. The number of nitrogens with two attached hydrogens (primary N) is 1. The number of methoxy groups -OCH3 is 2. The number of benzene rings is 1. The average molecular weight is 258 g/mol. The van der Waals surface area contributed by atoms with Gasteiger partial charge in [-0.05, 0) is 24.3 Å². The second-order valence-corrected chi connectivity index (χ2v) is 3.86. The number of ketones is 1. The molecule has 2 N–H and O–H groups in total. The fourth-order valence-electron chi connectivity index (χ4n) is 1.75. The van der Waals surface area contributed by atoms with Crippen molar-refractivity contribution in [3.8, 4) is 11.5 Å². The van der Waals surface area contributed by atoms with Gasteiger partial charge in [0.2, 0.25) is 0 Å². The summed E-state index contributed by atoms with van der Waals surface area (Å²) in [4.78, 5) is 16.3. The van der Waals surface area contributed by atoms with Crippen LogP contribution in [0.25, 0.3) is 0 Å². The number of nitrogens with zero attached hydrogens (tertiary/aromatic N) is 1. The Bertz CT molecular complexity index is 611. The summed E-state index contributed by atoms with van der Waals surface area (Å²) in [6, 6.07) is 6.62. The summed E-state index contributed by atoms with van der Waals surface area (Å²) in [5, 5.41) is 0. The van der Waals surface area contributed by atoms with E-state index in [1.807, 2.05) is 0 Å². The molecule has 0 amide bonds. The Morgan fingerprint density at radius 3 is 2.58 bits per heavy atom. The van der Waals surface area contributed by atoms with Crippen LogP contribution in [0, 0.1) is 0 Å². The van der Waals surface area contributed by atoms with Gasteiger partial charge in [0.15, 0.2) is 5.78 Å². The van der Waals surface area contributed by atoms with Crippen molar-refractivity contribution in [1.29, 1.82) is 0 Å². The number of anilines is 1. The predicted octanol–water partition coefficient (Wildman–Crippen LogP) is 1.91. The first-order valence-electron chi connectivity index (χ1n) is 5.63. The molecule has 1 heterocycles. The summed E-state index contributed by atoms with van der Waals surface area (Å²) in [6.45, 7) is 0. The van der Waals surface area contributed by atoms with Gasteiger partial charge in [0, 0.05) is 11.8 Å². The Morgan fingerprint density at radius 2 is 1.95 bits per heavy atom. The Labute approximate surface area is 111 Å². The number of pyridine rings is 1. The van der Waals surface area contributed by atoms with Crippen molar-refractivity contribution in [2.75, 3.05) is 20.0 Å². The number of aromatic nitrogens is 1. The summed E-state index contributed by atoms with van der Waals surface area (Å²) < 4.78 is 10.3. The van der Waals surface area contributed by atoms with Crippen molar-refractivity contribution in [2.45, 2.75) is 0 Å². The van der Waals surface area contributed by atoms with E-state index in [2.05, 4.69) is 4.98 Å². The Kier molecular flexibility index (Phi) is 3.66. The van der Waals surface area contributed by atoms with E-state index in [0.717, 1.165) is 0 Å². The molecule has 98 valence electrons. The molecule has 5 nitrogen and oxygen atoms in total. The van der Waals surface area contributed by atoms with E-state index < -0.39 is 0 Å². The monoisotopic (exact) mass is 258 g/mol. The van der Waals surface area contributed by atoms with Gasteiger partial charge < -0.3 is 15.2 Å². The molecule has 0 atom stereocenters. The van der Waals surface area contributed by atoms with Gasteiger partial charge in [-0.15, -0.1) is 0 Å². The standard InChI is InChI=1S/C14H14N2O3/c1-18-9-3-4-13(19-2)11(7-9)14(17)10-5-6-16-8-12(10)15/h3-8H,15H2,1-2H3. The lowest BCUT2D eigenvalue weighted by molar-refractivity contribution is 0.103. The summed E-state index contributed by atoms with van der Waals surface area (Å²) in [6.07, 6.45) is 2.97. The molecule has 0 unspecified atom stereocenters. The SMILES string of the molecule is COc1ccc(OC)c(C(=O)c2ccncc2N)c1. The van der Waals surface area contributed by atoms with Crippen LogP contribution in [0.3, 0.4) is 0 Å². The van der Waals surface area contributed by atoms with Gasteiger partial charge in [-0.25, -0.2) is 0 Å². The van der Waals surface area contributed by atoms with Crippen LogP contribution >= 0.6 is 0 Å². The number of rotatable bonds is 4. The summed E-state index contributed by atoms with van der Waals surface area (Å²) in [5.41, 5.74) is 6.89. The fraction of sp³-hybridized carbons (Fsp3) is 0.143. The van der Waals surface area contributed by atoms with E-state index >= 15 is 0 Å². The lowest BCUT2D eigenvalue weighted by Crippen LogP contribution is -2.07. The molecule has 0 fully saturated rings. The molecule has 0 saturated heterocycles. The van der Waals surface area contributed by atoms with Crippen LogP contribution in [0.1, 0.15) is 15.9 Å². The molecular formula is C14H14N2O3. The zero-order valence-electron chi connectivity index (χ0n) is 10.7. The van der Waals surface area contributed by atoms with Gasteiger partial charge in [0.1, 0.15) is 11.5 Å². The maximum Gasteiger partial charge on any atom is 0.199 e. The molecule has 2 rings (SSSR count). The number of hydrogen-bond acceptors (Lipinski definition) is 5. The topological polar surface area (TPSA) is 74.4 Å². The van der Waals surface area contributed by atoms with Crippen molar-refractivity contribution < 1.29 is 14.3 Å². The van der Waals surface area contributed by atoms with Crippen molar-refractivity contribution in [1.82, 2.24) is 4.98 Å². The Morgan fingerprint density at radius 1 is 1.16 bits per heavy atom. The molecule has 5 heteroatoms. The van der Waals surface area contributed by atoms with Crippen LogP contribution in [-0.4, -0.2) is 25.0 Å². The van der Waals surface area contributed by atoms with Crippen LogP contribution in [-0.2, 0) is 0 Å². The zero-order valence-corrected chi connectivity index (χ0v) is 10.7. The minimum atomic E-state index is -0.226. The maximum absolute atomic E-state index is 12.5. The van der Waals surface area contributed by atoms with E-state index in [9.17, 15) is 4.79 Å². The summed E-state index contributed by atoms with van der Waals surface area (Å²) in [5.74, 6) is 0.828. The average Bonchev–Trinajstić information content (AvgIpc) is 2.46. The molecule has 1 aromatic carbocycles. The second kappa shape index (κ2) is 5.39. The predicted molar refractivity (Wildman–Crippen MR) is 71.6 cm³/mol. The van der Waals surface area contributed by atoms with E-state index in [1.54, 1.807) is 24.3 Å². The van der Waals surface area contributed by atoms with E-state index in [1.165, 1.54) is 26.6 Å². The number of nitrogen functional groups attached to an aromatic ring is 1. The van der Waals surface area contributed by atoms with Gasteiger partial charge >= 0.3 is 0 Å². The first kappa shape index (κ1) is 12.9. The van der Waals surface area contributed by atoms with Gasteiger partial charge in [0.25, 0.3) is 0 Å². The lowest BCUT2D eigenvalue weighted by atomic mass is 10.0. The molecule has 0 saturated carbocycles. The zero-order chi connectivity index (χ0) is 13.8. The van der Waals surface area contributed by atoms with Crippen molar-refractivity contribution in [3.05, 3.63) is 47.8 Å². The van der Waals surface area contributed by atoms with Gasteiger partial charge in [-0.2, -0.15) is 0 Å². The number of carbonyl (C=O) groups is 1. The van der Waals surface area contributed by atoms with Crippen molar-refractivity contribution in [3.63, 3.8) is 0 Å². The second-order valence-electron chi connectivity index (χ2n) is 3.86. The van der Waals surface area contributed by atoms with Gasteiger partial charge in [-0.1, -0.05) is 0 Å². The molecule has 1 aromatic heterocycles. The largest absolute Gasteiger partial charge is 0.497 e. The van der Waals surface area contributed by atoms with Crippen LogP contribution in [0.5, 0.6) is 11.5 Å². The van der Waals surface area contributed by atoms with Crippen molar-refractivity contribution in [2.24, 2.45) is 0 Å². The van der Waals surface area contributed by atoms with Crippen LogP contribution in [0.4, 0.5) is 5.69 Å². The van der Waals surface area contributed by atoms with Crippen LogP contribution < -0.4 is 15.2 Å². The highest BCUT2D eigenvalue weighted by atomic mass is 16.5. The summed E-state index contributed by atoms with van der Waals surface area (Å²) in [7, 11) is 3.05. The van der Waals surface area contributed by atoms with E-state index in [4.69, 9.17) is 15.2 Å². The van der Waals surface area contributed by atoms with Crippen LogP contribution in [0.2, 0.25) is 0 Å². The third-order valence-corrected chi connectivity index (χ3v) is 2.75. The normalized spacial score (nSPS) is 10.0. The maximum atomic E-state index is 12.5. The first-order valence-corrected chi connectivity index (χ1v) is 5.63. The third-order valence-electron chi connectivity index (χ3n) is 2.75. The molecular weight excluding hydrogens is 244 g/mol. The molecule has 0 bridgehead atoms. The Balaban J connectivity index is 2.51. The number of hydrogen-bond donors (Lipinski definition) is 1. The Hall–Kier alpha value is -2.56. The van der Waals surface area contributed by atoms with E-state index in [-0.39, 0.29) is 5.78 Å². The molecule has 2 aromatic rings. The van der Waals surface area contributed by atoms with Gasteiger partial charge in [0.05, 0.1) is 31.7 Å². The molecule has 0 spiro atoms. The number of carbonyl (C=O) groups excluding carboxylic acids is 1. The third kappa shape index (κ3) is 2.49. The number of ether oxygens (including phenoxy) is 2. The van der Waals surface area contributed by atoms with Gasteiger partial charge in [-0.3, -0.25) is 9.78 Å². The highest BCUT2D eigenvalue weighted by Crippen LogP contribution is 2.27. The smallest absolute Gasteiger partial charge is 0.199 e. The molecule has 19 heavy (non-hydrogen) atoms. The van der Waals surface area contributed by atoms with E-state index in [0.29, 0.717) is 28.3 Å². The highest BCUT2D eigenvalue weighted by molar-refractivity contribution is 6.13. The lowest BCUT2D eigenvalue weighted by Gasteiger charge is -2.10. The minimum absolute atomic E-state index is 0.226. The first-order chi connectivity index (χ1) is 9.17. The summed E-state index contributed by atoms with van der Waals surface area (Å²) >= 11 is 0. The molecule has 0 aliphatic heterocycles. The quantitative estimate of drug-likeness (QED) is 0.848. The molecule has 0 aliphatic carbocycles. The minimum Gasteiger partial charge on any atom is -0.497 e. The van der Waals surface area contributed by atoms with Crippen molar-refractivity contribution >= 4 is 11.5 Å². The highest BCUT2D eigenvalue weighted by Gasteiger charge is 2.17. The fourth-order valence-corrected chi connectivity index (χ4v) is 1.75. The molecule has 0 radical (unpaired) electrons. The van der Waals surface area contributed by atoms with Crippen LogP contribution in [0.15, 0.2) is 36.7 Å².